The summed E-state index contributed by atoms with van der Waals surface area (Å²) < 4.78 is 4.94. The fraction of sp³-hybridized carbons (Fsp3) is 0.800. The van der Waals surface area contributed by atoms with Crippen LogP contribution < -0.4 is 5.32 Å². The molecule has 2 amide bonds. The molecular formula is C15H28N2O5. The highest BCUT2D eigenvalue weighted by Gasteiger charge is 2.28. The van der Waals surface area contributed by atoms with Crippen LogP contribution in [0.15, 0.2) is 0 Å². The zero-order chi connectivity index (χ0) is 17.4. The summed E-state index contributed by atoms with van der Waals surface area (Å²) in [6, 6.07) is -0.726. The van der Waals surface area contributed by atoms with Crippen LogP contribution in [0.4, 0.5) is 4.79 Å². The largest absolute Gasteiger partial charge is 0.479 e. The number of nitrogens with one attached hydrogen (secondary N) is 1. The smallest absolute Gasteiger partial charge is 0.408 e. The molecule has 0 saturated carbocycles. The van der Waals surface area contributed by atoms with Crippen molar-refractivity contribution >= 4 is 18.0 Å². The molecule has 0 bridgehead atoms. The maximum atomic E-state index is 12.1. The van der Waals surface area contributed by atoms with E-state index < -0.39 is 24.2 Å². The van der Waals surface area contributed by atoms with E-state index in [-0.39, 0.29) is 24.2 Å². The Labute approximate surface area is 132 Å². The third-order valence-electron chi connectivity index (χ3n) is 2.95. The van der Waals surface area contributed by atoms with E-state index in [1.165, 1.54) is 4.90 Å². The second kappa shape index (κ2) is 9.27. The predicted molar refractivity (Wildman–Crippen MR) is 82.4 cm³/mol. The van der Waals surface area contributed by atoms with Crippen molar-refractivity contribution < 1.29 is 24.2 Å². The fourth-order valence-electron chi connectivity index (χ4n) is 1.94. The van der Waals surface area contributed by atoms with Crippen LogP contribution >= 0.6 is 0 Å². The van der Waals surface area contributed by atoms with E-state index in [1.807, 2.05) is 27.7 Å². The number of carboxylic acid groups (broad SMARTS) is 1. The zero-order valence-corrected chi connectivity index (χ0v) is 14.3. The van der Waals surface area contributed by atoms with E-state index in [4.69, 9.17) is 9.84 Å². The van der Waals surface area contributed by atoms with Gasteiger partial charge in [0, 0.05) is 14.1 Å². The summed E-state index contributed by atoms with van der Waals surface area (Å²) in [6.07, 6.45) is -1.42. The molecule has 0 spiro atoms. The number of hydrogen-bond donors (Lipinski definition) is 2. The summed E-state index contributed by atoms with van der Waals surface area (Å²) in [5, 5.41) is 11.5. The molecule has 22 heavy (non-hydrogen) atoms. The minimum Gasteiger partial charge on any atom is -0.479 e. The number of aliphatic carboxylic acids is 1. The van der Waals surface area contributed by atoms with Crippen LogP contribution in [0.2, 0.25) is 0 Å². The Morgan fingerprint density at radius 1 is 1.05 bits per heavy atom. The van der Waals surface area contributed by atoms with Crippen molar-refractivity contribution in [2.75, 3.05) is 14.1 Å². The van der Waals surface area contributed by atoms with Crippen molar-refractivity contribution in [3.63, 3.8) is 0 Å². The molecule has 128 valence electrons. The van der Waals surface area contributed by atoms with Crippen LogP contribution in [0.25, 0.3) is 0 Å². The lowest BCUT2D eigenvalue weighted by atomic mass is 10.0. The number of carboxylic acids is 1. The number of carbonyl (C=O) groups excluding carboxylic acids is 2. The van der Waals surface area contributed by atoms with Crippen LogP contribution in [0, 0.1) is 11.8 Å². The molecule has 0 rings (SSSR count). The molecule has 0 heterocycles. The van der Waals surface area contributed by atoms with Crippen molar-refractivity contribution in [3.05, 3.63) is 0 Å². The average Bonchev–Trinajstić information content (AvgIpc) is 2.34. The summed E-state index contributed by atoms with van der Waals surface area (Å²) in [4.78, 5) is 36.4. The number of ether oxygens (including phenoxy) is 1. The molecule has 0 aliphatic heterocycles. The zero-order valence-electron chi connectivity index (χ0n) is 14.3. The van der Waals surface area contributed by atoms with Crippen LogP contribution in [-0.4, -0.2) is 54.2 Å². The summed E-state index contributed by atoms with van der Waals surface area (Å²) in [6.45, 7) is 7.55. The molecule has 0 aromatic rings. The van der Waals surface area contributed by atoms with E-state index in [9.17, 15) is 14.4 Å². The van der Waals surface area contributed by atoms with Crippen LogP contribution in [0.5, 0.6) is 0 Å². The molecule has 0 fully saturated rings. The molecule has 0 saturated heterocycles. The van der Waals surface area contributed by atoms with Gasteiger partial charge in [0.05, 0.1) is 0 Å². The van der Waals surface area contributed by atoms with Gasteiger partial charge in [-0.2, -0.15) is 0 Å². The van der Waals surface area contributed by atoms with Gasteiger partial charge in [-0.1, -0.05) is 27.7 Å². The van der Waals surface area contributed by atoms with E-state index in [2.05, 4.69) is 5.32 Å². The SMILES string of the molecule is CC(C)CC(NC(=O)O[C@@H](CC(C)C)C(=O)O)C(=O)N(C)C. The Balaban J connectivity index is 4.79. The van der Waals surface area contributed by atoms with Gasteiger partial charge in [-0.05, 0) is 24.7 Å². The lowest BCUT2D eigenvalue weighted by molar-refractivity contribution is -0.147. The van der Waals surface area contributed by atoms with Crippen molar-refractivity contribution in [1.29, 1.82) is 0 Å². The van der Waals surface area contributed by atoms with Gasteiger partial charge in [0.25, 0.3) is 0 Å². The molecule has 2 atom stereocenters. The highest BCUT2D eigenvalue weighted by atomic mass is 16.6. The summed E-state index contributed by atoms with van der Waals surface area (Å²) in [5.41, 5.74) is 0. The molecule has 1 unspecified atom stereocenters. The normalized spacial score (nSPS) is 13.6. The monoisotopic (exact) mass is 316 g/mol. The van der Waals surface area contributed by atoms with Crippen molar-refractivity contribution in [2.24, 2.45) is 11.8 Å². The maximum Gasteiger partial charge on any atom is 0.408 e. The number of likely N-dealkylation sites (N-methyl/N-ethyl adjacent to an activating group) is 1. The van der Waals surface area contributed by atoms with Gasteiger partial charge in [-0.15, -0.1) is 0 Å². The molecule has 0 aromatic carbocycles. The van der Waals surface area contributed by atoms with Gasteiger partial charge in [-0.3, -0.25) is 4.79 Å². The first-order valence-electron chi connectivity index (χ1n) is 7.45. The van der Waals surface area contributed by atoms with E-state index >= 15 is 0 Å². The Morgan fingerprint density at radius 3 is 1.91 bits per heavy atom. The van der Waals surface area contributed by atoms with Crippen molar-refractivity contribution in [2.45, 2.75) is 52.7 Å². The molecule has 0 aromatic heterocycles. The molecule has 7 nitrogen and oxygen atoms in total. The minimum atomic E-state index is -1.21. The average molecular weight is 316 g/mol. The number of hydrogen-bond acceptors (Lipinski definition) is 4. The standard InChI is InChI=1S/C15H28N2O5/c1-9(2)7-11(13(18)17(5)6)16-15(21)22-12(14(19)20)8-10(3)4/h9-12H,7-8H2,1-6H3,(H,16,21)(H,19,20)/t11?,12-/m0/s1. The molecule has 0 aliphatic carbocycles. The highest BCUT2D eigenvalue weighted by molar-refractivity contribution is 5.86. The van der Waals surface area contributed by atoms with E-state index in [1.54, 1.807) is 14.1 Å². The number of amides is 2. The third-order valence-corrected chi connectivity index (χ3v) is 2.95. The van der Waals surface area contributed by atoms with Gasteiger partial charge in [0.1, 0.15) is 6.04 Å². The third kappa shape index (κ3) is 7.85. The second-order valence-electron chi connectivity index (χ2n) is 6.42. The lowest BCUT2D eigenvalue weighted by Crippen LogP contribution is -2.48. The minimum absolute atomic E-state index is 0.0729. The fourth-order valence-corrected chi connectivity index (χ4v) is 1.94. The van der Waals surface area contributed by atoms with Gasteiger partial charge in [0.15, 0.2) is 0 Å². The molecular weight excluding hydrogens is 288 g/mol. The number of carbonyl (C=O) groups is 3. The van der Waals surface area contributed by atoms with Crippen molar-refractivity contribution in [1.82, 2.24) is 10.2 Å². The van der Waals surface area contributed by atoms with Crippen LogP contribution in [0.1, 0.15) is 40.5 Å². The highest BCUT2D eigenvalue weighted by Crippen LogP contribution is 2.11. The summed E-state index contributed by atoms with van der Waals surface area (Å²) in [7, 11) is 3.20. The van der Waals surface area contributed by atoms with Gasteiger partial charge < -0.3 is 20.1 Å². The first-order chi connectivity index (χ1) is 10.0. The van der Waals surface area contributed by atoms with Gasteiger partial charge in [0.2, 0.25) is 12.0 Å². The first kappa shape index (κ1) is 20.2. The first-order valence-corrected chi connectivity index (χ1v) is 7.45. The lowest BCUT2D eigenvalue weighted by Gasteiger charge is -2.24. The molecule has 0 aliphatic rings. The molecule has 0 radical (unpaired) electrons. The van der Waals surface area contributed by atoms with Gasteiger partial charge in [-0.25, -0.2) is 9.59 Å². The Hall–Kier alpha value is -1.79. The quantitative estimate of drug-likeness (QED) is 0.711. The molecule has 7 heteroatoms. The number of rotatable bonds is 8. The predicted octanol–water partition coefficient (Wildman–Crippen LogP) is 1.71. The maximum absolute atomic E-state index is 12.1. The number of alkyl carbamates (subject to hydrolysis) is 1. The van der Waals surface area contributed by atoms with E-state index in [0.29, 0.717) is 6.42 Å². The Bertz CT molecular complexity index is 393. The molecule has 2 N–H and O–H groups in total. The van der Waals surface area contributed by atoms with Crippen LogP contribution in [0.3, 0.4) is 0 Å². The number of nitrogens with zero attached hydrogens (tertiary/aromatic N) is 1. The summed E-state index contributed by atoms with van der Waals surface area (Å²) in [5.74, 6) is -1.17. The Morgan fingerprint density at radius 2 is 1.55 bits per heavy atom. The van der Waals surface area contributed by atoms with E-state index in [0.717, 1.165) is 0 Å². The second-order valence-corrected chi connectivity index (χ2v) is 6.42. The van der Waals surface area contributed by atoms with Crippen molar-refractivity contribution in [3.8, 4) is 0 Å². The summed E-state index contributed by atoms with van der Waals surface area (Å²) >= 11 is 0. The van der Waals surface area contributed by atoms with Gasteiger partial charge >= 0.3 is 12.1 Å². The topological polar surface area (TPSA) is 95.9 Å². The Kier molecular flexibility index (Phi) is 8.52. The van der Waals surface area contributed by atoms with Crippen LogP contribution in [-0.2, 0) is 14.3 Å².